The molecule has 0 saturated carbocycles. The molecular formula is C23H33N7O5. The Morgan fingerprint density at radius 1 is 1.14 bits per heavy atom. The largest absolute Gasteiger partial charge is 0.491 e. The number of hydrogen-bond donors (Lipinski definition) is 4. The van der Waals surface area contributed by atoms with Gasteiger partial charge >= 0.3 is 6.09 Å². The van der Waals surface area contributed by atoms with Crippen LogP contribution in [0.25, 0.3) is 16.7 Å². The molecule has 190 valence electrons. The lowest BCUT2D eigenvalue weighted by Gasteiger charge is -2.20. The van der Waals surface area contributed by atoms with Crippen molar-refractivity contribution < 1.29 is 24.2 Å². The van der Waals surface area contributed by atoms with Crippen molar-refractivity contribution in [3.63, 3.8) is 0 Å². The number of anilines is 1. The summed E-state index contributed by atoms with van der Waals surface area (Å²) in [5, 5.41) is 25.8. The second-order valence-electron chi connectivity index (χ2n) is 8.45. The van der Waals surface area contributed by atoms with Gasteiger partial charge < -0.3 is 30.5 Å². The van der Waals surface area contributed by atoms with Crippen molar-refractivity contribution in [3.8, 4) is 5.75 Å². The molecule has 12 nitrogen and oxygen atoms in total. The number of carbonyl (C=O) groups excluding carboxylic acids is 1. The number of unbranched alkanes of at least 4 members (excludes halogenated alkanes) is 1. The van der Waals surface area contributed by atoms with Crippen LogP contribution in [0.2, 0.25) is 0 Å². The molecule has 35 heavy (non-hydrogen) atoms. The highest BCUT2D eigenvalue weighted by Gasteiger charge is 2.23. The molecule has 3 rings (SSSR count). The summed E-state index contributed by atoms with van der Waals surface area (Å²) < 4.78 is 12.7. The van der Waals surface area contributed by atoms with E-state index in [0.717, 1.165) is 23.3 Å². The van der Waals surface area contributed by atoms with E-state index in [1.807, 2.05) is 29.5 Å². The summed E-state index contributed by atoms with van der Waals surface area (Å²) in [5.41, 5.74) is 2.26. The molecule has 0 bridgehead atoms. The molecule has 0 aliphatic heterocycles. The highest BCUT2D eigenvalue weighted by atomic mass is 16.5. The Bertz CT molecular complexity index is 1160. The number of fused-ring (bicyclic) bond motifs is 3. The summed E-state index contributed by atoms with van der Waals surface area (Å²) in [6.45, 7) is 7.47. The van der Waals surface area contributed by atoms with Gasteiger partial charge in [0.15, 0.2) is 5.82 Å². The van der Waals surface area contributed by atoms with Gasteiger partial charge in [0.1, 0.15) is 24.2 Å². The molecule has 2 heterocycles. The number of amides is 2. The van der Waals surface area contributed by atoms with Crippen LogP contribution < -0.4 is 20.7 Å². The van der Waals surface area contributed by atoms with Crippen LogP contribution in [-0.2, 0) is 9.53 Å². The fourth-order valence-electron chi connectivity index (χ4n) is 3.65. The maximum Gasteiger partial charge on any atom is 0.405 e. The molecule has 3 aromatic rings. The van der Waals surface area contributed by atoms with Gasteiger partial charge in [-0.25, -0.2) is 9.78 Å². The maximum atomic E-state index is 12.3. The van der Waals surface area contributed by atoms with E-state index in [9.17, 15) is 9.59 Å². The third-order valence-electron chi connectivity index (χ3n) is 5.44. The number of aromatic nitrogens is 4. The van der Waals surface area contributed by atoms with Gasteiger partial charge in [-0.3, -0.25) is 9.20 Å². The molecule has 0 aliphatic carbocycles. The van der Waals surface area contributed by atoms with E-state index in [-0.39, 0.29) is 11.8 Å². The first-order valence-corrected chi connectivity index (χ1v) is 11.6. The predicted molar refractivity (Wildman–Crippen MR) is 131 cm³/mol. The Kier molecular flexibility index (Phi) is 9.01. The zero-order valence-corrected chi connectivity index (χ0v) is 20.5. The van der Waals surface area contributed by atoms with Crippen molar-refractivity contribution >= 4 is 34.5 Å². The third-order valence-corrected chi connectivity index (χ3v) is 5.44. The standard InChI is InChI=1S/C23H33N7O5/c1-14(2)19(27-23(32)33)22(31)25-10-6-5-9-24-20-21-29-28-15(3)30(21)18-8-7-16(13-17(18)26-20)35-12-11-34-4/h7-8,13-14,19,27H,5-6,9-12H2,1-4H3,(H,24,26)(H,25,31)(H,32,33)/t19-/m0/s1. The first-order chi connectivity index (χ1) is 16.8. The zero-order valence-electron chi connectivity index (χ0n) is 20.5. The van der Waals surface area contributed by atoms with Gasteiger partial charge in [0.25, 0.3) is 0 Å². The molecule has 1 atom stereocenters. The number of hydrogen-bond acceptors (Lipinski definition) is 8. The number of benzene rings is 1. The molecule has 12 heteroatoms. The number of rotatable bonds is 13. The van der Waals surface area contributed by atoms with E-state index < -0.39 is 12.1 Å². The van der Waals surface area contributed by atoms with E-state index in [2.05, 4.69) is 26.1 Å². The lowest BCUT2D eigenvalue weighted by Crippen LogP contribution is -2.49. The van der Waals surface area contributed by atoms with Crippen LogP contribution >= 0.6 is 0 Å². The topological polar surface area (TPSA) is 152 Å². The van der Waals surface area contributed by atoms with Gasteiger partial charge in [-0.1, -0.05) is 13.8 Å². The summed E-state index contributed by atoms with van der Waals surface area (Å²) in [6, 6.07) is 4.92. The molecule has 0 spiro atoms. The van der Waals surface area contributed by atoms with Crippen LogP contribution in [0.3, 0.4) is 0 Å². The average molecular weight is 488 g/mol. The molecule has 4 N–H and O–H groups in total. The SMILES string of the molecule is COCCOc1ccc2c(c1)nc(NCCCCNC(=O)[C@@H](NC(=O)O)C(C)C)c1nnc(C)n12. The molecule has 0 fully saturated rings. The van der Waals surface area contributed by atoms with Crippen molar-refractivity contribution in [3.05, 3.63) is 24.0 Å². The van der Waals surface area contributed by atoms with E-state index in [0.29, 0.717) is 49.9 Å². The molecule has 2 aromatic heterocycles. The Balaban J connectivity index is 1.60. The highest BCUT2D eigenvalue weighted by Crippen LogP contribution is 2.25. The molecule has 0 radical (unpaired) electrons. The van der Waals surface area contributed by atoms with Crippen LogP contribution in [0.5, 0.6) is 5.75 Å². The lowest BCUT2D eigenvalue weighted by molar-refractivity contribution is -0.124. The number of nitrogens with zero attached hydrogens (tertiary/aromatic N) is 4. The Hall–Kier alpha value is -3.67. The van der Waals surface area contributed by atoms with Gasteiger partial charge in [-0.05, 0) is 37.8 Å². The van der Waals surface area contributed by atoms with Crippen LogP contribution in [0, 0.1) is 12.8 Å². The monoisotopic (exact) mass is 487 g/mol. The van der Waals surface area contributed by atoms with Crippen LogP contribution in [0.15, 0.2) is 18.2 Å². The number of carbonyl (C=O) groups is 2. The quantitative estimate of drug-likeness (QED) is 0.266. The van der Waals surface area contributed by atoms with Gasteiger partial charge in [0.2, 0.25) is 11.6 Å². The molecule has 1 aromatic carbocycles. The summed E-state index contributed by atoms with van der Waals surface area (Å²) in [5.74, 6) is 1.59. The second kappa shape index (κ2) is 12.2. The van der Waals surface area contributed by atoms with Crippen molar-refractivity contribution in [1.82, 2.24) is 30.2 Å². The second-order valence-corrected chi connectivity index (χ2v) is 8.45. The van der Waals surface area contributed by atoms with Crippen LogP contribution in [-0.4, -0.2) is 76.1 Å². The van der Waals surface area contributed by atoms with E-state index >= 15 is 0 Å². The lowest BCUT2D eigenvalue weighted by atomic mass is 10.0. The minimum Gasteiger partial charge on any atom is -0.491 e. The molecular weight excluding hydrogens is 454 g/mol. The Morgan fingerprint density at radius 2 is 1.91 bits per heavy atom. The number of carboxylic acid groups (broad SMARTS) is 1. The Labute approximate surface area is 203 Å². The van der Waals surface area contributed by atoms with Gasteiger partial charge in [-0.2, -0.15) is 0 Å². The molecule has 0 aliphatic rings. The zero-order chi connectivity index (χ0) is 25.4. The summed E-state index contributed by atoms with van der Waals surface area (Å²) in [4.78, 5) is 27.9. The molecule has 0 saturated heterocycles. The van der Waals surface area contributed by atoms with Crippen molar-refractivity contribution in [2.75, 3.05) is 38.7 Å². The smallest absolute Gasteiger partial charge is 0.405 e. The van der Waals surface area contributed by atoms with Crippen molar-refractivity contribution in [2.45, 2.75) is 39.7 Å². The van der Waals surface area contributed by atoms with Crippen LogP contribution in [0.1, 0.15) is 32.5 Å². The Morgan fingerprint density at radius 3 is 2.63 bits per heavy atom. The maximum absolute atomic E-state index is 12.3. The van der Waals surface area contributed by atoms with Crippen molar-refractivity contribution in [2.24, 2.45) is 5.92 Å². The van der Waals surface area contributed by atoms with Crippen molar-refractivity contribution in [1.29, 1.82) is 0 Å². The first kappa shape index (κ1) is 25.9. The normalized spacial score (nSPS) is 12.1. The fourth-order valence-corrected chi connectivity index (χ4v) is 3.65. The number of nitrogens with one attached hydrogen (secondary N) is 3. The third kappa shape index (κ3) is 6.69. The first-order valence-electron chi connectivity index (χ1n) is 11.6. The molecule has 2 amide bonds. The van der Waals surface area contributed by atoms with Gasteiger partial charge in [-0.15, -0.1) is 10.2 Å². The number of aryl methyl sites for hydroxylation is 1. The minimum absolute atomic E-state index is 0.147. The van der Waals surface area contributed by atoms with Crippen LogP contribution in [0.4, 0.5) is 10.6 Å². The predicted octanol–water partition coefficient (Wildman–Crippen LogP) is 2.21. The minimum atomic E-state index is -1.21. The van der Waals surface area contributed by atoms with E-state index in [1.165, 1.54) is 0 Å². The summed E-state index contributed by atoms with van der Waals surface area (Å²) >= 11 is 0. The summed E-state index contributed by atoms with van der Waals surface area (Å²) in [6.07, 6.45) is 0.261. The van der Waals surface area contributed by atoms with E-state index in [4.69, 9.17) is 19.6 Å². The van der Waals surface area contributed by atoms with Gasteiger partial charge in [0, 0.05) is 26.3 Å². The molecule has 0 unspecified atom stereocenters. The van der Waals surface area contributed by atoms with Gasteiger partial charge in [0.05, 0.1) is 17.6 Å². The number of ether oxygens (including phenoxy) is 2. The number of methoxy groups -OCH3 is 1. The fraction of sp³-hybridized carbons (Fsp3) is 0.522. The average Bonchev–Trinajstić information content (AvgIpc) is 3.21. The highest BCUT2D eigenvalue weighted by molar-refractivity contribution is 5.85. The summed E-state index contributed by atoms with van der Waals surface area (Å²) in [7, 11) is 1.63. The van der Waals surface area contributed by atoms with E-state index in [1.54, 1.807) is 21.0 Å².